The molecule has 4 aromatic rings. The number of nitrogens with zero attached hydrogens (tertiary/aromatic N) is 2. The second kappa shape index (κ2) is 10.3. The molecule has 0 aliphatic rings. The molecule has 0 bridgehead atoms. The number of nitrogen functional groups attached to an aromatic ring is 1. The molecule has 2 heterocycles. The van der Waals surface area contributed by atoms with Gasteiger partial charge in [0.25, 0.3) is 5.91 Å². The highest BCUT2D eigenvalue weighted by Gasteiger charge is 2.12. The topological polar surface area (TPSA) is 110 Å². The molecule has 0 fully saturated rings. The van der Waals surface area contributed by atoms with Crippen LogP contribution in [-0.2, 0) is 4.79 Å². The van der Waals surface area contributed by atoms with Gasteiger partial charge in [0.05, 0.1) is 12.2 Å². The van der Waals surface area contributed by atoms with Crippen LogP contribution < -0.4 is 16.4 Å². The van der Waals surface area contributed by atoms with Gasteiger partial charge in [0.15, 0.2) is 5.13 Å². The van der Waals surface area contributed by atoms with Crippen LogP contribution in [0.15, 0.2) is 72.2 Å². The first-order valence-electron chi connectivity index (χ1n) is 10.8. The van der Waals surface area contributed by atoms with E-state index >= 15 is 0 Å². The first-order valence-corrected chi connectivity index (χ1v) is 11.7. The lowest BCUT2D eigenvalue weighted by Crippen LogP contribution is -2.32. The lowest BCUT2D eigenvalue weighted by Gasteiger charge is -2.08. The Hall–Kier alpha value is -4.04. The van der Waals surface area contributed by atoms with E-state index in [1.807, 2.05) is 29.8 Å². The standard InChI is InChI=1S/C26H25N5O2S/c1-16(2)22-13-19(10-11-28-22)18-4-3-5-20(12-18)23-15-34-26(30-23)31-24(32)14-29-25(33)17-6-8-21(27)9-7-17/h3-13,15-16H,14,27H2,1-2H3,(H,29,33)(H,30,31,32). The van der Waals surface area contributed by atoms with Gasteiger partial charge >= 0.3 is 0 Å². The van der Waals surface area contributed by atoms with Gasteiger partial charge in [-0.25, -0.2) is 4.98 Å². The number of carbonyl (C=O) groups is 2. The molecule has 4 rings (SSSR count). The second-order valence-corrected chi connectivity index (χ2v) is 8.95. The van der Waals surface area contributed by atoms with E-state index in [0.29, 0.717) is 22.3 Å². The Morgan fingerprint density at radius 2 is 1.74 bits per heavy atom. The van der Waals surface area contributed by atoms with Crippen LogP contribution in [0.4, 0.5) is 10.8 Å². The molecule has 0 saturated heterocycles. The summed E-state index contributed by atoms with van der Waals surface area (Å²) < 4.78 is 0. The molecule has 0 radical (unpaired) electrons. The van der Waals surface area contributed by atoms with E-state index in [1.165, 1.54) is 11.3 Å². The summed E-state index contributed by atoms with van der Waals surface area (Å²) >= 11 is 1.33. The molecule has 0 saturated carbocycles. The molecule has 0 spiro atoms. The Morgan fingerprint density at radius 3 is 2.50 bits per heavy atom. The van der Waals surface area contributed by atoms with Crippen molar-refractivity contribution in [1.82, 2.24) is 15.3 Å². The smallest absolute Gasteiger partial charge is 0.251 e. The Labute approximate surface area is 202 Å². The number of carbonyl (C=O) groups excluding carboxylic acids is 2. The van der Waals surface area contributed by atoms with Crippen LogP contribution in [0.1, 0.15) is 35.8 Å². The van der Waals surface area contributed by atoms with Crippen LogP contribution in [-0.4, -0.2) is 28.3 Å². The summed E-state index contributed by atoms with van der Waals surface area (Å²) in [7, 11) is 0. The summed E-state index contributed by atoms with van der Waals surface area (Å²) in [5.74, 6) is -0.343. The lowest BCUT2D eigenvalue weighted by molar-refractivity contribution is -0.115. The highest BCUT2D eigenvalue weighted by molar-refractivity contribution is 7.14. The molecule has 0 atom stereocenters. The number of anilines is 2. The number of hydrogen-bond acceptors (Lipinski definition) is 6. The minimum Gasteiger partial charge on any atom is -0.399 e. The molecule has 172 valence electrons. The van der Waals surface area contributed by atoms with Gasteiger partial charge in [0.2, 0.25) is 5.91 Å². The van der Waals surface area contributed by atoms with Crippen LogP contribution in [0.25, 0.3) is 22.4 Å². The van der Waals surface area contributed by atoms with E-state index in [0.717, 1.165) is 28.1 Å². The van der Waals surface area contributed by atoms with Crippen molar-refractivity contribution in [3.05, 3.63) is 83.5 Å². The van der Waals surface area contributed by atoms with Gasteiger partial charge in [-0.05, 0) is 59.5 Å². The number of thiazole rings is 1. The van der Waals surface area contributed by atoms with Crippen molar-refractivity contribution in [2.24, 2.45) is 0 Å². The lowest BCUT2D eigenvalue weighted by atomic mass is 10.00. The van der Waals surface area contributed by atoms with E-state index < -0.39 is 0 Å². The summed E-state index contributed by atoms with van der Waals surface area (Å²) in [6.07, 6.45) is 1.83. The van der Waals surface area contributed by atoms with Gasteiger partial charge in [-0.15, -0.1) is 11.3 Å². The van der Waals surface area contributed by atoms with Crippen molar-refractivity contribution in [1.29, 1.82) is 0 Å². The first kappa shape index (κ1) is 23.1. The maximum Gasteiger partial charge on any atom is 0.251 e. The van der Waals surface area contributed by atoms with Crippen molar-refractivity contribution in [3.63, 3.8) is 0 Å². The van der Waals surface area contributed by atoms with Crippen LogP contribution in [0.3, 0.4) is 0 Å². The van der Waals surface area contributed by atoms with Crippen molar-refractivity contribution in [2.45, 2.75) is 19.8 Å². The molecule has 0 unspecified atom stereocenters. The molecular formula is C26H25N5O2S. The molecule has 34 heavy (non-hydrogen) atoms. The number of nitrogens with two attached hydrogens (primary N) is 1. The molecule has 2 aromatic carbocycles. The summed E-state index contributed by atoms with van der Waals surface area (Å²) in [6, 6.07) is 18.7. The molecule has 4 N–H and O–H groups in total. The van der Waals surface area contributed by atoms with E-state index in [-0.39, 0.29) is 18.4 Å². The fraction of sp³-hybridized carbons (Fsp3) is 0.154. The molecule has 7 nitrogen and oxygen atoms in total. The van der Waals surface area contributed by atoms with Crippen LogP contribution >= 0.6 is 11.3 Å². The van der Waals surface area contributed by atoms with Gasteiger partial charge in [0.1, 0.15) is 0 Å². The normalized spacial score (nSPS) is 10.8. The van der Waals surface area contributed by atoms with Crippen molar-refractivity contribution in [2.75, 3.05) is 17.6 Å². The monoisotopic (exact) mass is 471 g/mol. The van der Waals surface area contributed by atoms with Crippen molar-refractivity contribution < 1.29 is 9.59 Å². The first-order chi connectivity index (χ1) is 16.4. The van der Waals surface area contributed by atoms with Gasteiger partial charge in [-0.1, -0.05) is 32.0 Å². The minimum atomic E-state index is -0.351. The largest absolute Gasteiger partial charge is 0.399 e. The molecule has 0 aliphatic carbocycles. The minimum absolute atomic E-state index is 0.159. The summed E-state index contributed by atoms with van der Waals surface area (Å²) in [5.41, 5.74) is 11.6. The SMILES string of the molecule is CC(C)c1cc(-c2cccc(-c3csc(NC(=O)CNC(=O)c4ccc(N)cc4)n3)c2)ccn1. The van der Waals surface area contributed by atoms with Crippen LogP contribution in [0.5, 0.6) is 0 Å². The Bertz CT molecular complexity index is 1310. The number of amides is 2. The third-order valence-electron chi connectivity index (χ3n) is 5.20. The quantitative estimate of drug-likeness (QED) is 0.331. The molecule has 2 amide bonds. The van der Waals surface area contributed by atoms with Crippen molar-refractivity contribution in [3.8, 4) is 22.4 Å². The number of aromatic nitrogens is 2. The van der Waals surface area contributed by atoms with Crippen molar-refractivity contribution >= 4 is 34.0 Å². The Morgan fingerprint density at radius 1 is 1.00 bits per heavy atom. The average Bonchev–Trinajstić information content (AvgIpc) is 3.31. The summed E-state index contributed by atoms with van der Waals surface area (Å²) in [4.78, 5) is 33.4. The summed E-state index contributed by atoms with van der Waals surface area (Å²) in [5, 5.41) is 7.70. The van der Waals surface area contributed by atoms with E-state index in [2.05, 4.69) is 52.6 Å². The van der Waals surface area contributed by atoms with E-state index in [4.69, 9.17) is 5.73 Å². The maximum atomic E-state index is 12.3. The molecule has 0 aliphatic heterocycles. The zero-order chi connectivity index (χ0) is 24.1. The van der Waals surface area contributed by atoms with Crippen LogP contribution in [0, 0.1) is 0 Å². The zero-order valence-electron chi connectivity index (χ0n) is 18.9. The highest BCUT2D eigenvalue weighted by atomic mass is 32.1. The highest BCUT2D eigenvalue weighted by Crippen LogP contribution is 2.29. The fourth-order valence-corrected chi connectivity index (χ4v) is 4.06. The third-order valence-corrected chi connectivity index (χ3v) is 5.95. The Kier molecular flexibility index (Phi) is 6.98. The van der Waals surface area contributed by atoms with Gasteiger partial charge < -0.3 is 16.4 Å². The third kappa shape index (κ3) is 5.65. The Balaban J connectivity index is 1.40. The predicted molar refractivity (Wildman–Crippen MR) is 137 cm³/mol. The zero-order valence-corrected chi connectivity index (χ0v) is 19.7. The number of hydrogen-bond donors (Lipinski definition) is 3. The number of nitrogens with one attached hydrogen (secondary N) is 2. The molecular weight excluding hydrogens is 446 g/mol. The van der Waals surface area contributed by atoms with Gasteiger partial charge in [-0.2, -0.15) is 0 Å². The molecule has 8 heteroatoms. The number of pyridine rings is 1. The van der Waals surface area contributed by atoms with Crippen LogP contribution in [0.2, 0.25) is 0 Å². The maximum absolute atomic E-state index is 12.3. The van der Waals surface area contributed by atoms with E-state index in [1.54, 1.807) is 24.3 Å². The summed E-state index contributed by atoms with van der Waals surface area (Å²) in [6.45, 7) is 4.09. The van der Waals surface area contributed by atoms with Gasteiger partial charge in [0, 0.05) is 34.1 Å². The fourth-order valence-electron chi connectivity index (χ4n) is 3.33. The second-order valence-electron chi connectivity index (χ2n) is 8.10. The molecule has 2 aromatic heterocycles. The van der Waals surface area contributed by atoms with E-state index in [9.17, 15) is 9.59 Å². The number of benzene rings is 2. The average molecular weight is 472 g/mol. The predicted octanol–water partition coefficient (Wildman–Crippen LogP) is 4.95. The van der Waals surface area contributed by atoms with Gasteiger partial charge in [-0.3, -0.25) is 14.6 Å². The number of rotatable bonds is 7.